The van der Waals surface area contributed by atoms with Gasteiger partial charge in [-0.3, -0.25) is 9.59 Å². The highest BCUT2D eigenvalue weighted by Gasteiger charge is 2.32. The van der Waals surface area contributed by atoms with Crippen molar-refractivity contribution in [1.29, 1.82) is 0 Å². The molecule has 342 valence electrons. The molecule has 0 radical (unpaired) electrons. The Morgan fingerprint density at radius 1 is 0.900 bits per heavy atom. The lowest BCUT2D eigenvalue weighted by Crippen LogP contribution is -2.44. The minimum atomic E-state index is -3.96. The molecule has 2 aromatic carbocycles. The molecule has 60 heavy (non-hydrogen) atoms. The van der Waals surface area contributed by atoms with Crippen LogP contribution in [0.15, 0.2) is 48.7 Å². The molecular formula is C42H71N5O12S. The van der Waals surface area contributed by atoms with E-state index in [1.54, 1.807) is 30.5 Å². The number of aliphatic hydroxyl groups excluding tert-OH is 5. The number of ether oxygens (including phenoxy) is 2. The van der Waals surface area contributed by atoms with Gasteiger partial charge in [0.05, 0.1) is 36.8 Å². The maximum atomic E-state index is 12.4. The molecule has 1 fully saturated rings. The highest BCUT2D eigenvalue weighted by atomic mass is 32.2. The predicted molar refractivity (Wildman–Crippen MR) is 230 cm³/mol. The fourth-order valence-electron chi connectivity index (χ4n) is 4.76. The predicted octanol–water partition coefficient (Wildman–Crippen LogP) is 4.65. The summed E-state index contributed by atoms with van der Waals surface area (Å²) in [6, 6.07) is 11.1. The van der Waals surface area contributed by atoms with E-state index in [0.717, 1.165) is 38.4 Å². The molecule has 1 aliphatic heterocycles. The number of rotatable bonds is 17. The first kappa shape index (κ1) is 55.8. The lowest BCUT2D eigenvalue weighted by atomic mass is 10.0. The van der Waals surface area contributed by atoms with Gasteiger partial charge in [-0.05, 0) is 80.8 Å². The molecule has 4 rings (SSSR count). The Morgan fingerprint density at radius 2 is 1.50 bits per heavy atom. The van der Waals surface area contributed by atoms with Gasteiger partial charge in [-0.15, -0.1) is 0 Å². The quantitative estimate of drug-likeness (QED) is 0.0859. The molecule has 1 aromatic heterocycles. The summed E-state index contributed by atoms with van der Waals surface area (Å²) in [5, 5.41) is 59.4. The van der Waals surface area contributed by atoms with Gasteiger partial charge in [0.25, 0.3) is 11.8 Å². The fourth-order valence-corrected chi connectivity index (χ4v) is 5.33. The molecule has 1 saturated heterocycles. The van der Waals surface area contributed by atoms with Gasteiger partial charge in [-0.1, -0.05) is 67.0 Å². The van der Waals surface area contributed by atoms with Gasteiger partial charge >= 0.3 is 10.1 Å². The number of nitrogens with zero attached hydrogens (tertiary/aromatic N) is 2. The summed E-state index contributed by atoms with van der Waals surface area (Å²) in [6.07, 6.45) is 1.50. The lowest BCUT2D eigenvalue weighted by molar-refractivity contribution is -0.199. The number of aliphatic hydroxyl groups is 5. The minimum Gasteiger partial charge on any atom is -0.458 e. The molecule has 18 heteroatoms. The number of H-pyrrole nitrogens is 1. The Kier molecular flexibility index (Phi) is 28.7. The van der Waals surface area contributed by atoms with Gasteiger partial charge in [0.2, 0.25) is 6.29 Å². The third-order valence-corrected chi connectivity index (χ3v) is 9.81. The number of hydrogen-bond donors (Lipinski definition) is 8. The topological polar surface area (TPSA) is 263 Å². The van der Waals surface area contributed by atoms with Crippen LogP contribution in [0.3, 0.4) is 0 Å². The van der Waals surface area contributed by atoms with Crippen molar-refractivity contribution in [2.75, 3.05) is 26.9 Å². The monoisotopic (exact) mass is 869 g/mol. The van der Waals surface area contributed by atoms with Crippen LogP contribution in [0.25, 0.3) is 0 Å². The maximum absolute atomic E-state index is 12.4. The van der Waals surface area contributed by atoms with Gasteiger partial charge in [-0.2, -0.15) is 23.8 Å². The summed E-state index contributed by atoms with van der Waals surface area (Å²) < 4.78 is 40.7. The van der Waals surface area contributed by atoms with Gasteiger partial charge in [0, 0.05) is 37.8 Å². The third kappa shape index (κ3) is 21.9. The Labute approximate surface area is 356 Å². The number of carbonyl (C=O) groups excluding carboxylic acids is 2. The molecule has 2 heterocycles. The molecule has 4 atom stereocenters. The Hall–Kier alpha value is -4.17. The van der Waals surface area contributed by atoms with Crippen LogP contribution in [0.4, 0.5) is 0 Å². The summed E-state index contributed by atoms with van der Waals surface area (Å²) in [4.78, 5) is 24.3. The SMILES string of the molecule is CC.CC(C)CCNC(=O)c1ccc(O[C@@H]2OC[C@H](O)CC2O)c(OS(=O)(=O)C(C)C)c1.CC(C)CCO.CCCC(O)c1ccc(C(=O)NCc2cn[nH]n2)cc1.CO. The summed E-state index contributed by atoms with van der Waals surface area (Å²) in [7, 11) is -2.96. The molecule has 0 spiro atoms. The van der Waals surface area contributed by atoms with Gasteiger partial charge in [-0.25, -0.2) is 0 Å². The smallest absolute Gasteiger partial charge is 0.311 e. The zero-order chi connectivity index (χ0) is 45.8. The Morgan fingerprint density at radius 3 is 2.00 bits per heavy atom. The van der Waals surface area contributed by atoms with Gasteiger partial charge in [0.1, 0.15) is 11.8 Å². The van der Waals surface area contributed by atoms with Crippen molar-refractivity contribution in [2.45, 2.75) is 131 Å². The number of aromatic nitrogens is 3. The van der Waals surface area contributed by atoms with Gasteiger partial charge < -0.3 is 49.8 Å². The molecule has 1 aliphatic rings. The normalized spacial score (nSPS) is 16.3. The lowest BCUT2D eigenvalue weighted by Gasteiger charge is -2.31. The van der Waals surface area contributed by atoms with E-state index in [4.69, 9.17) is 23.9 Å². The summed E-state index contributed by atoms with van der Waals surface area (Å²) in [5.74, 6) is 0.350. The average Bonchev–Trinajstić information content (AvgIpc) is 3.74. The van der Waals surface area contributed by atoms with E-state index in [0.29, 0.717) is 42.8 Å². The molecule has 17 nitrogen and oxygen atoms in total. The maximum Gasteiger partial charge on any atom is 0.311 e. The molecule has 2 amide bonds. The summed E-state index contributed by atoms with van der Waals surface area (Å²) in [5.41, 5.74) is 2.27. The number of aromatic amines is 1. The van der Waals surface area contributed by atoms with Crippen molar-refractivity contribution in [1.82, 2.24) is 26.0 Å². The van der Waals surface area contributed by atoms with Gasteiger partial charge in [0.15, 0.2) is 11.5 Å². The zero-order valence-corrected chi connectivity index (χ0v) is 37.7. The van der Waals surface area contributed by atoms with Crippen molar-refractivity contribution >= 4 is 21.9 Å². The zero-order valence-electron chi connectivity index (χ0n) is 36.9. The van der Waals surface area contributed by atoms with E-state index >= 15 is 0 Å². The minimum absolute atomic E-state index is 0.00149. The van der Waals surface area contributed by atoms with E-state index in [2.05, 4.69) is 39.9 Å². The van der Waals surface area contributed by atoms with E-state index in [-0.39, 0.29) is 41.9 Å². The highest BCUT2D eigenvalue weighted by Crippen LogP contribution is 2.33. The molecular weight excluding hydrogens is 799 g/mol. The van der Waals surface area contributed by atoms with Crippen LogP contribution in [0.2, 0.25) is 0 Å². The molecule has 0 saturated carbocycles. The van der Waals surface area contributed by atoms with Crippen molar-refractivity contribution in [2.24, 2.45) is 11.8 Å². The number of amides is 2. The van der Waals surface area contributed by atoms with Crippen molar-refractivity contribution in [3.8, 4) is 11.5 Å². The first-order valence-electron chi connectivity index (χ1n) is 20.4. The van der Waals surface area contributed by atoms with Crippen LogP contribution in [0, 0.1) is 11.8 Å². The van der Waals surface area contributed by atoms with Crippen LogP contribution in [0.5, 0.6) is 11.5 Å². The average molecular weight is 870 g/mol. The Balaban J connectivity index is 0.000000994. The van der Waals surface area contributed by atoms with Crippen molar-refractivity contribution in [3.05, 3.63) is 71.0 Å². The molecule has 8 N–H and O–H groups in total. The van der Waals surface area contributed by atoms with E-state index in [9.17, 15) is 33.3 Å². The highest BCUT2D eigenvalue weighted by molar-refractivity contribution is 7.87. The summed E-state index contributed by atoms with van der Waals surface area (Å²) in [6.45, 7) is 18.3. The third-order valence-electron chi connectivity index (χ3n) is 8.24. The first-order valence-corrected chi connectivity index (χ1v) is 21.9. The van der Waals surface area contributed by atoms with E-state index in [1.807, 2.05) is 34.6 Å². The molecule has 0 bridgehead atoms. The second-order valence-electron chi connectivity index (χ2n) is 14.5. The van der Waals surface area contributed by atoms with E-state index in [1.165, 1.54) is 32.0 Å². The standard InChI is InChI=1S/C20H31NO8S.C14H18N4O2.C5H12O.C2H6.CH4O/c1-12(2)7-8-21-19(24)14-5-6-17(18(9-14)29-30(25,26)13(3)4)28-20-16(23)10-15(22)11-27-20;1-2-3-13(19)10-4-6-11(7-5-10)14(20)15-8-12-9-16-18-17-12;1-5(2)3-4-6;2*1-2/h5-6,9,12-13,15-16,20,22-23H,7-8,10-11H2,1-4H3,(H,21,24);4-7,9,13,19H,2-3,8H2,1H3,(H,15,20)(H,16,17,18);5-6H,3-4H2,1-2H3;1-2H3;2H,1H3/t15-,16?,20+;;;;/m1..../s1. The molecule has 3 aromatic rings. The number of benzene rings is 2. The summed E-state index contributed by atoms with van der Waals surface area (Å²) >= 11 is 0. The van der Waals surface area contributed by atoms with Crippen LogP contribution in [-0.2, 0) is 21.4 Å². The van der Waals surface area contributed by atoms with Crippen LogP contribution in [-0.4, -0.2) is 112 Å². The van der Waals surface area contributed by atoms with E-state index < -0.39 is 40.0 Å². The fraction of sp³-hybridized carbons (Fsp3) is 0.619. The number of hydrogen-bond acceptors (Lipinski definition) is 14. The second kappa shape index (κ2) is 30.8. The second-order valence-corrected chi connectivity index (χ2v) is 16.6. The number of carbonyl (C=O) groups is 2. The Bertz CT molecular complexity index is 1690. The van der Waals surface area contributed by atoms with Crippen molar-refractivity contribution < 1.29 is 57.2 Å². The first-order chi connectivity index (χ1) is 28.5. The largest absolute Gasteiger partial charge is 0.458 e. The van der Waals surface area contributed by atoms with Crippen molar-refractivity contribution in [3.63, 3.8) is 0 Å². The van der Waals surface area contributed by atoms with Crippen LogP contribution in [0.1, 0.15) is 132 Å². The van der Waals surface area contributed by atoms with Crippen LogP contribution < -0.4 is 19.6 Å². The molecule has 2 unspecified atom stereocenters. The molecule has 0 aliphatic carbocycles. The number of nitrogens with one attached hydrogen (secondary N) is 3. The van der Waals surface area contributed by atoms with Crippen LogP contribution >= 0.6 is 0 Å².